The van der Waals surface area contributed by atoms with Gasteiger partial charge in [0.2, 0.25) is 0 Å². The molecule has 5 aromatic rings. The zero-order valence-corrected chi connectivity index (χ0v) is 29.8. The smallest absolute Gasteiger partial charge is 0.282 e. The molecule has 9 heteroatoms. The first-order valence-corrected chi connectivity index (χ1v) is 19.7. The van der Waals surface area contributed by atoms with Crippen LogP contribution in [0.4, 0.5) is 13.2 Å². The highest BCUT2D eigenvalue weighted by atomic mass is 32.1. The van der Waals surface area contributed by atoms with Gasteiger partial charge >= 0.3 is 0 Å². The first kappa shape index (κ1) is 33.3. The molecular weight excluding hydrogens is 644 g/mol. The van der Waals surface area contributed by atoms with Gasteiger partial charge in [0.15, 0.2) is 0 Å². The van der Waals surface area contributed by atoms with Gasteiger partial charge < -0.3 is 14.7 Å². The van der Waals surface area contributed by atoms with E-state index in [1.165, 1.54) is 11.3 Å². The van der Waals surface area contributed by atoms with E-state index in [1.807, 2.05) is 90.7 Å². The van der Waals surface area contributed by atoms with E-state index in [1.54, 1.807) is 6.07 Å². The normalized spacial score (nSPS) is 19.4. The Morgan fingerprint density at radius 1 is 0.917 bits per heavy atom. The highest BCUT2D eigenvalue weighted by Gasteiger charge is 2.52. The second-order valence-corrected chi connectivity index (χ2v) is 20.1. The number of rotatable bonds is 10. The van der Waals surface area contributed by atoms with Crippen LogP contribution in [0.25, 0.3) is 10.9 Å². The Bertz CT molecular complexity index is 1830. The maximum atomic E-state index is 16.7. The molecule has 0 aliphatic carbocycles. The average Bonchev–Trinajstić information content (AvgIpc) is 3.59. The number of nitrogens with one attached hydrogen (secondary N) is 2. The zero-order chi connectivity index (χ0) is 33.7. The number of fused-ring (bicyclic) bond motifs is 3. The Balaban J connectivity index is 1.25. The molecule has 0 radical (unpaired) electrons. The molecule has 2 atom stereocenters. The molecule has 1 fully saturated rings. The molecule has 252 valence electrons. The number of para-hydroxylation sites is 1. The summed E-state index contributed by atoms with van der Waals surface area (Å²) in [5, 5.41) is 5.85. The van der Waals surface area contributed by atoms with E-state index in [9.17, 15) is 0 Å². The van der Waals surface area contributed by atoms with Gasteiger partial charge in [-0.2, -0.15) is 0 Å². The van der Waals surface area contributed by atoms with Crippen molar-refractivity contribution in [2.75, 3.05) is 26.2 Å². The number of benzene rings is 3. The lowest BCUT2D eigenvalue weighted by Gasteiger charge is -2.45. The van der Waals surface area contributed by atoms with E-state index in [0.717, 1.165) is 56.9 Å². The highest BCUT2D eigenvalue weighted by Crippen LogP contribution is 2.45. The lowest BCUT2D eigenvalue weighted by molar-refractivity contribution is -0.0820. The van der Waals surface area contributed by atoms with Gasteiger partial charge in [-0.15, -0.1) is 11.3 Å². The van der Waals surface area contributed by atoms with Gasteiger partial charge in [0.05, 0.1) is 24.1 Å². The van der Waals surface area contributed by atoms with Crippen LogP contribution in [-0.2, 0) is 17.3 Å². The standard InChI is InChI=1S/C39H44F3N3OSSi/c1-26-19-32-31-17-11-12-18-34(31)44-35(32)36(37-33(40)21-28(47-37)20-27-22-43-23-27)45(26)24-39(41,42)25-46-48(38(2,3)4,29-13-7-5-8-14-29)30-15-9-6-10-16-30/h5-18,21,26-27,36,43-44H,19-20,22-25H2,1-4H3/t26-,36+/m1/s1. The third kappa shape index (κ3) is 6.09. The minimum atomic E-state index is -3.21. The van der Waals surface area contributed by atoms with Gasteiger partial charge in [0.1, 0.15) is 5.82 Å². The molecule has 0 bridgehead atoms. The van der Waals surface area contributed by atoms with Crippen LogP contribution < -0.4 is 15.7 Å². The summed E-state index contributed by atoms with van der Waals surface area (Å²) in [6.45, 7) is 8.82. The first-order valence-electron chi connectivity index (χ1n) is 16.9. The number of halogens is 3. The lowest BCUT2D eigenvalue weighted by Crippen LogP contribution is -2.67. The lowest BCUT2D eigenvalue weighted by atomic mass is 9.91. The Morgan fingerprint density at radius 2 is 1.54 bits per heavy atom. The van der Waals surface area contributed by atoms with Crippen LogP contribution >= 0.6 is 11.3 Å². The monoisotopic (exact) mass is 687 g/mol. The molecule has 0 amide bonds. The minimum absolute atomic E-state index is 0.249. The van der Waals surface area contributed by atoms with Gasteiger partial charge in [0, 0.05) is 27.5 Å². The fraction of sp³-hybridized carbons (Fsp3) is 0.385. The predicted octanol–water partition coefficient (Wildman–Crippen LogP) is 7.68. The average molecular weight is 688 g/mol. The summed E-state index contributed by atoms with van der Waals surface area (Å²) in [7, 11) is -3.19. The molecule has 1 saturated heterocycles. The molecular formula is C39H44F3N3OSSi. The number of nitrogens with zero attached hydrogens (tertiary/aromatic N) is 1. The van der Waals surface area contributed by atoms with Crippen LogP contribution in [-0.4, -0.2) is 56.4 Å². The second kappa shape index (κ2) is 12.9. The summed E-state index contributed by atoms with van der Waals surface area (Å²) in [5.41, 5.74) is 2.85. The Hall–Kier alpha value is -3.21. The van der Waals surface area contributed by atoms with Crippen LogP contribution in [0, 0.1) is 11.7 Å². The molecule has 4 nitrogen and oxygen atoms in total. The summed E-state index contributed by atoms with van der Waals surface area (Å²) in [6, 6.07) is 28.5. The third-order valence-electron chi connectivity index (χ3n) is 10.2. The number of hydrogen-bond acceptors (Lipinski definition) is 4. The number of alkyl halides is 2. The summed E-state index contributed by atoms with van der Waals surface area (Å²) in [4.78, 5) is 6.82. The van der Waals surface area contributed by atoms with Crippen LogP contribution in [0.5, 0.6) is 0 Å². The van der Waals surface area contributed by atoms with Crippen LogP contribution in [0.1, 0.15) is 54.7 Å². The summed E-state index contributed by atoms with van der Waals surface area (Å²) in [6.07, 6.45) is 1.38. The van der Waals surface area contributed by atoms with E-state index < -0.39 is 38.5 Å². The SMILES string of the molecule is C[C@@H]1Cc2c([nH]c3ccccc23)[C@@H](c2sc(CC3CNC3)cc2F)N1CC(F)(F)CO[Si](c1ccccc1)(c1ccccc1)C(C)(C)C. The first-order chi connectivity index (χ1) is 23.0. The fourth-order valence-corrected chi connectivity index (χ4v) is 13.7. The summed E-state index contributed by atoms with van der Waals surface area (Å²) in [5.74, 6) is -3.05. The quantitative estimate of drug-likeness (QED) is 0.148. The van der Waals surface area contributed by atoms with Crippen molar-refractivity contribution < 1.29 is 17.6 Å². The number of hydrogen-bond donors (Lipinski definition) is 2. The minimum Gasteiger partial charge on any atom is -0.401 e. The van der Waals surface area contributed by atoms with Gasteiger partial charge in [-0.1, -0.05) is 99.6 Å². The summed E-state index contributed by atoms with van der Waals surface area (Å²) >= 11 is 1.43. The van der Waals surface area contributed by atoms with Crippen LogP contribution in [0.2, 0.25) is 5.04 Å². The molecule has 2 N–H and O–H groups in total. The van der Waals surface area contributed by atoms with E-state index in [0.29, 0.717) is 17.2 Å². The van der Waals surface area contributed by atoms with Crippen molar-refractivity contribution in [3.05, 3.63) is 118 Å². The Labute approximate surface area is 286 Å². The van der Waals surface area contributed by atoms with Crippen LogP contribution in [0.3, 0.4) is 0 Å². The number of aromatic amines is 1. The van der Waals surface area contributed by atoms with Gasteiger partial charge in [0.25, 0.3) is 14.2 Å². The molecule has 3 aromatic carbocycles. The zero-order valence-electron chi connectivity index (χ0n) is 28.0. The Kier molecular flexibility index (Phi) is 8.96. The number of thiophene rings is 1. The molecule has 2 aliphatic heterocycles. The maximum Gasteiger partial charge on any atom is 0.282 e. The third-order valence-corrected chi connectivity index (χ3v) is 16.4. The van der Waals surface area contributed by atoms with Crippen molar-refractivity contribution in [1.29, 1.82) is 0 Å². The van der Waals surface area contributed by atoms with E-state index in [-0.39, 0.29) is 11.9 Å². The molecule has 0 spiro atoms. The second-order valence-electron chi connectivity index (χ2n) is 14.7. The molecule has 2 aromatic heterocycles. The largest absolute Gasteiger partial charge is 0.401 e. The number of H-pyrrole nitrogens is 1. The maximum absolute atomic E-state index is 16.7. The van der Waals surface area contributed by atoms with E-state index in [2.05, 4.69) is 37.1 Å². The summed E-state index contributed by atoms with van der Waals surface area (Å²) < 4.78 is 56.1. The predicted molar refractivity (Wildman–Crippen MR) is 193 cm³/mol. The van der Waals surface area contributed by atoms with Crippen molar-refractivity contribution in [3.8, 4) is 0 Å². The van der Waals surface area contributed by atoms with Crippen molar-refractivity contribution in [2.45, 2.75) is 63.6 Å². The van der Waals surface area contributed by atoms with Crippen molar-refractivity contribution in [3.63, 3.8) is 0 Å². The molecule has 0 saturated carbocycles. The topological polar surface area (TPSA) is 40.3 Å². The molecule has 48 heavy (non-hydrogen) atoms. The fourth-order valence-electron chi connectivity index (χ4n) is 7.82. The van der Waals surface area contributed by atoms with Crippen molar-refractivity contribution in [2.24, 2.45) is 5.92 Å². The van der Waals surface area contributed by atoms with Gasteiger partial charge in [-0.25, -0.2) is 13.2 Å². The number of aromatic nitrogens is 1. The molecule has 2 aliphatic rings. The molecule has 0 unspecified atom stereocenters. The molecule has 7 rings (SSSR count). The highest BCUT2D eigenvalue weighted by molar-refractivity contribution is 7.12. The molecule has 4 heterocycles. The van der Waals surface area contributed by atoms with E-state index in [4.69, 9.17) is 4.43 Å². The van der Waals surface area contributed by atoms with Gasteiger partial charge in [-0.3, -0.25) is 4.90 Å². The van der Waals surface area contributed by atoms with Crippen molar-refractivity contribution in [1.82, 2.24) is 15.2 Å². The Morgan fingerprint density at radius 3 is 2.15 bits per heavy atom. The van der Waals surface area contributed by atoms with Crippen molar-refractivity contribution >= 4 is 40.9 Å². The van der Waals surface area contributed by atoms with E-state index >= 15 is 13.2 Å². The van der Waals surface area contributed by atoms with Gasteiger partial charge in [-0.05, 0) is 71.9 Å². The van der Waals surface area contributed by atoms with Crippen LogP contribution in [0.15, 0.2) is 91.0 Å².